The predicted octanol–water partition coefficient (Wildman–Crippen LogP) is 2.84. The SMILES string of the molecule is O=C(COc1ccc(Cl)c(F)c1)NCC[C@H](O)CNC(=O)c1ccc2cc(F)ccc2n1. The number of nitrogens with one attached hydrogen (secondary N) is 2. The van der Waals surface area contributed by atoms with Crippen LogP contribution in [0.1, 0.15) is 16.9 Å². The van der Waals surface area contributed by atoms with Crippen LogP contribution in [0.15, 0.2) is 48.5 Å². The molecule has 0 spiro atoms. The van der Waals surface area contributed by atoms with Crippen molar-refractivity contribution in [2.24, 2.45) is 0 Å². The van der Waals surface area contributed by atoms with Crippen molar-refractivity contribution in [3.63, 3.8) is 0 Å². The monoisotopic (exact) mass is 463 g/mol. The summed E-state index contributed by atoms with van der Waals surface area (Å²) in [5.74, 6) is -1.81. The Morgan fingerprint density at radius 2 is 1.91 bits per heavy atom. The number of amides is 2. The van der Waals surface area contributed by atoms with Crippen molar-refractivity contribution in [1.29, 1.82) is 0 Å². The Balaban J connectivity index is 1.36. The van der Waals surface area contributed by atoms with E-state index in [-0.39, 0.29) is 42.6 Å². The van der Waals surface area contributed by atoms with E-state index in [1.54, 1.807) is 6.07 Å². The molecule has 1 atom stereocenters. The molecule has 0 aliphatic heterocycles. The third kappa shape index (κ3) is 6.60. The molecule has 10 heteroatoms. The lowest BCUT2D eigenvalue weighted by molar-refractivity contribution is -0.123. The second-order valence-corrected chi connectivity index (χ2v) is 7.31. The highest BCUT2D eigenvalue weighted by molar-refractivity contribution is 6.30. The van der Waals surface area contributed by atoms with Crippen LogP contribution in [0.4, 0.5) is 8.78 Å². The summed E-state index contributed by atoms with van der Waals surface area (Å²) in [5, 5.41) is 15.7. The van der Waals surface area contributed by atoms with Crippen LogP contribution in [0.3, 0.4) is 0 Å². The molecule has 2 aromatic carbocycles. The first-order valence-corrected chi connectivity index (χ1v) is 10.1. The van der Waals surface area contributed by atoms with Crippen molar-refractivity contribution in [3.05, 3.63) is 70.9 Å². The number of fused-ring (bicyclic) bond motifs is 1. The molecule has 0 saturated heterocycles. The lowest BCUT2D eigenvalue weighted by atomic mass is 10.2. The molecule has 7 nitrogen and oxygen atoms in total. The normalized spacial score (nSPS) is 11.8. The van der Waals surface area contributed by atoms with Gasteiger partial charge in [0.1, 0.15) is 23.1 Å². The fraction of sp³-hybridized carbons (Fsp3) is 0.227. The summed E-state index contributed by atoms with van der Waals surface area (Å²) in [4.78, 5) is 28.2. The number of carbonyl (C=O) groups is 2. The smallest absolute Gasteiger partial charge is 0.269 e. The number of ether oxygens (including phenoxy) is 1. The van der Waals surface area contributed by atoms with E-state index in [2.05, 4.69) is 15.6 Å². The van der Waals surface area contributed by atoms with Gasteiger partial charge in [0.25, 0.3) is 11.8 Å². The van der Waals surface area contributed by atoms with Crippen LogP contribution in [0, 0.1) is 11.6 Å². The molecular formula is C22H20ClF2N3O4. The Kier molecular flexibility index (Phi) is 7.91. The van der Waals surface area contributed by atoms with Gasteiger partial charge in [-0.15, -0.1) is 0 Å². The first-order valence-electron chi connectivity index (χ1n) is 9.69. The molecule has 3 rings (SSSR count). The first-order chi connectivity index (χ1) is 15.3. The predicted molar refractivity (Wildman–Crippen MR) is 115 cm³/mol. The molecule has 3 N–H and O–H groups in total. The molecule has 0 radical (unpaired) electrons. The van der Waals surface area contributed by atoms with E-state index >= 15 is 0 Å². The van der Waals surface area contributed by atoms with Crippen LogP contribution >= 0.6 is 11.6 Å². The molecule has 0 aliphatic rings. The molecule has 1 aromatic heterocycles. The number of pyridine rings is 1. The third-order valence-corrected chi connectivity index (χ3v) is 4.75. The lowest BCUT2D eigenvalue weighted by Crippen LogP contribution is -2.36. The molecule has 32 heavy (non-hydrogen) atoms. The number of aliphatic hydroxyl groups is 1. The zero-order chi connectivity index (χ0) is 23.1. The van der Waals surface area contributed by atoms with Crippen LogP contribution in [0.5, 0.6) is 5.75 Å². The summed E-state index contributed by atoms with van der Waals surface area (Å²) in [6, 6.07) is 10.9. The van der Waals surface area contributed by atoms with Gasteiger partial charge in [-0.1, -0.05) is 17.7 Å². The maximum Gasteiger partial charge on any atom is 0.269 e. The Morgan fingerprint density at radius 3 is 2.69 bits per heavy atom. The highest BCUT2D eigenvalue weighted by Gasteiger charge is 2.12. The fourth-order valence-corrected chi connectivity index (χ4v) is 2.89. The molecule has 168 valence electrons. The number of rotatable bonds is 9. The molecule has 0 aliphatic carbocycles. The minimum absolute atomic E-state index is 0.0433. The van der Waals surface area contributed by atoms with Crippen LogP contribution in [-0.4, -0.2) is 47.7 Å². The number of nitrogens with zero attached hydrogens (tertiary/aromatic N) is 1. The van der Waals surface area contributed by atoms with Crippen LogP contribution in [0.2, 0.25) is 5.02 Å². The largest absolute Gasteiger partial charge is 0.484 e. The van der Waals surface area contributed by atoms with Crippen molar-refractivity contribution < 1.29 is 28.2 Å². The number of aliphatic hydroxyl groups excluding tert-OH is 1. The van der Waals surface area contributed by atoms with Gasteiger partial charge in [0.15, 0.2) is 6.61 Å². The van der Waals surface area contributed by atoms with Gasteiger partial charge >= 0.3 is 0 Å². The lowest BCUT2D eigenvalue weighted by Gasteiger charge is -2.13. The Labute approximate surface area is 187 Å². The molecule has 0 saturated carbocycles. The van der Waals surface area contributed by atoms with E-state index < -0.39 is 29.6 Å². The summed E-state index contributed by atoms with van der Waals surface area (Å²) >= 11 is 5.57. The van der Waals surface area contributed by atoms with Crippen molar-refractivity contribution in [2.45, 2.75) is 12.5 Å². The summed E-state index contributed by atoms with van der Waals surface area (Å²) < 4.78 is 31.7. The maximum absolute atomic E-state index is 13.3. The minimum Gasteiger partial charge on any atom is -0.484 e. The van der Waals surface area contributed by atoms with Gasteiger partial charge in [-0.05, 0) is 42.8 Å². The first kappa shape index (κ1) is 23.4. The molecule has 0 unspecified atom stereocenters. The minimum atomic E-state index is -0.903. The summed E-state index contributed by atoms with van der Waals surface area (Å²) in [5.41, 5.74) is 0.617. The number of carbonyl (C=O) groups excluding carboxylic acids is 2. The molecule has 3 aromatic rings. The second-order valence-electron chi connectivity index (χ2n) is 6.90. The molecule has 0 fully saturated rings. The molecule has 0 bridgehead atoms. The fourth-order valence-electron chi connectivity index (χ4n) is 2.77. The van der Waals surface area contributed by atoms with Crippen LogP contribution < -0.4 is 15.4 Å². The number of hydrogen-bond donors (Lipinski definition) is 3. The Hall–Kier alpha value is -3.30. The quantitative estimate of drug-likeness (QED) is 0.453. The maximum atomic E-state index is 13.3. The van der Waals surface area contributed by atoms with E-state index in [1.807, 2.05) is 0 Å². The van der Waals surface area contributed by atoms with E-state index in [1.165, 1.54) is 36.4 Å². The molecule has 2 amide bonds. The third-order valence-electron chi connectivity index (χ3n) is 4.44. The zero-order valence-electron chi connectivity index (χ0n) is 16.8. The van der Waals surface area contributed by atoms with E-state index in [0.29, 0.717) is 10.9 Å². The average molecular weight is 464 g/mol. The highest BCUT2D eigenvalue weighted by Crippen LogP contribution is 2.20. The van der Waals surface area contributed by atoms with E-state index in [9.17, 15) is 23.5 Å². The Bertz CT molecular complexity index is 1130. The standard InChI is InChI=1S/C22H20ClF2N3O4/c23-17-4-3-16(10-18(17)25)32-12-21(30)26-8-7-15(29)11-27-22(31)20-5-1-13-9-14(24)2-6-19(13)28-20/h1-6,9-10,15,29H,7-8,11-12H2,(H,26,30)(H,27,31)/t15-/m0/s1. The summed E-state index contributed by atoms with van der Waals surface area (Å²) in [6.07, 6.45) is -0.716. The van der Waals surface area contributed by atoms with Gasteiger partial charge in [0.2, 0.25) is 0 Å². The zero-order valence-corrected chi connectivity index (χ0v) is 17.5. The summed E-state index contributed by atoms with van der Waals surface area (Å²) in [7, 11) is 0. The van der Waals surface area contributed by atoms with Crippen molar-refractivity contribution in [3.8, 4) is 5.75 Å². The number of aromatic nitrogens is 1. The van der Waals surface area contributed by atoms with Gasteiger partial charge in [0, 0.05) is 24.5 Å². The summed E-state index contributed by atoms with van der Waals surface area (Å²) in [6.45, 7) is -0.224. The van der Waals surface area contributed by atoms with Gasteiger partial charge in [-0.3, -0.25) is 9.59 Å². The van der Waals surface area contributed by atoms with Gasteiger partial charge in [-0.25, -0.2) is 13.8 Å². The van der Waals surface area contributed by atoms with Gasteiger partial charge in [-0.2, -0.15) is 0 Å². The van der Waals surface area contributed by atoms with Crippen molar-refractivity contribution >= 4 is 34.3 Å². The second kappa shape index (κ2) is 10.8. The average Bonchev–Trinajstić information content (AvgIpc) is 2.77. The van der Waals surface area contributed by atoms with Gasteiger partial charge < -0.3 is 20.5 Å². The Morgan fingerprint density at radius 1 is 1.09 bits per heavy atom. The van der Waals surface area contributed by atoms with Crippen molar-refractivity contribution in [1.82, 2.24) is 15.6 Å². The number of benzene rings is 2. The number of hydrogen-bond acceptors (Lipinski definition) is 5. The van der Waals surface area contributed by atoms with Crippen LogP contribution in [0.25, 0.3) is 10.9 Å². The van der Waals surface area contributed by atoms with Crippen molar-refractivity contribution in [2.75, 3.05) is 19.7 Å². The number of halogens is 3. The van der Waals surface area contributed by atoms with E-state index in [0.717, 1.165) is 6.07 Å². The van der Waals surface area contributed by atoms with E-state index in [4.69, 9.17) is 16.3 Å². The van der Waals surface area contributed by atoms with Gasteiger partial charge in [0.05, 0.1) is 16.6 Å². The highest BCUT2D eigenvalue weighted by atomic mass is 35.5. The topological polar surface area (TPSA) is 101 Å². The molecular weight excluding hydrogens is 444 g/mol. The van der Waals surface area contributed by atoms with Crippen LogP contribution in [-0.2, 0) is 4.79 Å². The molecule has 1 heterocycles.